The zero-order chi connectivity index (χ0) is 54.0. The van der Waals surface area contributed by atoms with Crippen LogP contribution < -0.4 is 29.5 Å². The smallest absolute Gasteiger partial charge is 0.415 e. The molecule has 5 aliphatic heterocycles. The number of aryl methyl sites for hydroxylation is 1. The largest absolute Gasteiger partial charge is 0.497 e. The van der Waals surface area contributed by atoms with Gasteiger partial charge in [-0.2, -0.15) is 0 Å². The third kappa shape index (κ3) is 12.0. The second kappa shape index (κ2) is 22.6. The molecule has 3 fully saturated rings. The monoisotopic (exact) mass is 1050 g/mol. The Kier molecular flexibility index (Phi) is 15.8. The van der Waals surface area contributed by atoms with E-state index in [1.165, 1.54) is 16.0 Å². The number of nitrogens with one attached hydrogen (secondary N) is 1. The number of anilines is 4. The number of hydrogen-bond acceptors (Lipinski definition) is 11. The van der Waals surface area contributed by atoms with Gasteiger partial charge in [0.05, 0.1) is 50.4 Å². The highest BCUT2D eigenvalue weighted by Gasteiger charge is 2.46. The fourth-order valence-corrected chi connectivity index (χ4v) is 12.2. The Hall–Kier alpha value is -6.81. The van der Waals surface area contributed by atoms with Crippen LogP contribution in [0.1, 0.15) is 131 Å². The first-order valence-corrected chi connectivity index (χ1v) is 27.7. The molecular formula is C61H74F2N8O6. The molecule has 14 nitrogen and oxygen atoms in total. The zero-order valence-electron chi connectivity index (χ0n) is 45.6. The van der Waals surface area contributed by atoms with Crippen LogP contribution in [0.4, 0.5) is 41.1 Å². The molecule has 1 aromatic heterocycles. The van der Waals surface area contributed by atoms with Gasteiger partial charge in [-0.15, -0.1) is 0 Å². The SMILES string of the molecule is COc1ccc(CN2C(=O)CCN(c3ccc(C4CCCCC(N5CCC(c6ccc(NC7=NC8=C(/C=C\CC7)CCN(c7cnc9c(c7C)N(C(=O)OC(C)(C)C)CCO9)C8)cc6)CC5)C(F)(F)C4)cc3C)C2=O)cc1. The molecule has 10 rings (SSSR count). The fourth-order valence-electron chi connectivity index (χ4n) is 12.2. The first kappa shape index (κ1) is 53.6. The standard InChI is InChI=1S/C61H74F2N8O6/c1-40-35-46(19-24-51(40)69-32-28-55(72)71(58(69)73)38-42-15-22-49(75-6)23-16-42)47-12-7-9-13-53(61(62,63)36-47)67-29-25-44(26-30-67)43-17-20-48(21-18-43)65-54-14-10-8-11-45-27-31-68(39-50(45)66-54)52-37-64-57-56(41(52)2)70(33-34-76-57)59(74)77-60(3,4)5/h8,11,15-24,35,37,44,47,53H,7,9-10,12-14,25-34,36,38-39H2,1-6H3,(H,65,66)/b11-8-. The molecule has 4 aromatic rings. The molecule has 1 saturated carbocycles. The molecule has 1 N–H and O–H groups in total. The average molecular weight is 1050 g/mol. The van der Waals surface area contributed by atoms with Gasteiger partial charge in [-0.3, -0.25) is 24.4 Å². The van der Waals surface area contributed by atoms with E-state index in [4.69, 9.17) is 19.2 Å². The van der Waals surface area contributed by atoms with Gasteiger partial charge in [0.2, 0.25) is 11.8 Å². The Morgan fingerprint density at radius 3 is 2.35 bits per heavy atom. The number of pyridine rings is 1. The van der Waals surface area contributed by atoms with Crippen LogP contribution in [0.5, 0.6) is 11.6 Å². The first-order valence-electron chi connectivity index (χ1n) is 27.7. The van der Waals surface area contributed by atoms with Crippen LogP contribution >= 0.6 is 0 Å². The number of likely N-dealkylation sites (tertiary alicyclic amines) is 1. The Morgan fingerprint density at radius 1 is 0.857 bits per heavy atom. The van der Waals surface area contributed by atoms with E-state index < -0.39 is 23.7 Å². The second-order valence-electron chi connectivity index (χ2n) is 22.6. The van der Waals surface area contributed by atoms with Gasteiger partial charge in [-0.05, 0) is 156 Å². The number of allylic oxidation sites excluding steroid dienone is 2. The highest BCUT2D eigenvalue weighted by Crippen LogP contribution is 2.45. The van der Waals surface area contributed by atoms with Gasteiger partial charge in [0.25, 0.3) is 5.92 Å². The maximum Gasteiger partial charge on any atom is 0.415 e. The Morgan fingerprint density at radius 2 is 1.61 bits per heavy atom. The average Bonchev–Trinajstić information content (AvgIpc) is 3.42. The van der Waals surface area contributed by atoms with Gasteiger partial charge < -0.3 is 24.4 Å². The number of alkyl halides is 2. The van der Waals surface area contributed by atoms with Crippen LogP contribution in [-0.4, -0.2) is 109 Å². The van der Waals surface area contributed by atoms with Crippen LogP contribution in [0.15, 0.2) is 101 Å². The number of urea groups is 1. The molecule has 0 spiro atoms. The molecule has 16 heteroatoms. The summed E-state index contributed by atoms with van der Waals surface area (Å²) in [5.74, 6) is -1.10. The van der Waals surface area contributed by atoms with Crippen molar-refractivity contribution in [2.75, 3.05) is 73.0 Å². The van der Waals surface area contributed by atoms with Gasteiger partial charge in [0.1, 0.15) is 29.5 Å². The van der Waals surface area contributed by atoms with Crippen molar-refractivity contribution in [1.82, 2.24) is 14.8 Å². The summed E-state index contributed by atoms with van der Waals surface area (Å²) in [7, 11) is 1.59. The number of nitrogens with zero attached hydrogens (tertiary/aromatic N) is 7. The maximum atomic E-state index is 16.7. The lowest BCUT2D eigenvalue weighted by atomic mass is 9.80. The quantitative estimate of drug-likeness (QED) is 0.173. The molecule has 2 saturated heterocycles. The van der Waals surface area contributed by atoms with Gasteiger partial charge in [-0.1, -0.05) is 61.4 Å². The molecule has 1 aliphatic carbocycles. The van der Waals surface area contributed by atoms with Crippen LogP contribution in [0.2, 0.25) is 0 Å². The van der Waals surface area contributed by atoms with Crippen molar-refractivity contribution in [3.63, 3.8) is 0 Å². The van der Waals surface area contributed by atoms with Crippen molar-refractivity contribution in [2.24, 2.45) is 4.99 Å². The molecule has 408 valence electrons. The molecule has 3 aromatic carbocycles. The van der Waals surface area contributed by atoms with E-state index in [0.29, 0.717) is 68.6 Å². The molecule has 6 aliphatic rings. The number of piperidine rings is 1. The van der Waals surface area contributed by atoms with Crippen molar-refractivity contribution >= 4 is 46.6 Å². The van der Waals surface area contributed by atoms with E-state index >= 15 is 8.78 Å². The molecule has 2 atom stereocenters. The summed E-state index contributed by atoms with van der Waals surface area (Å²) in [5, 5.41) is 3.63. The number of imide groups is 1. The Bertz CT molecular complexity index is 2930. The third-order valence-electron chi connectivity index (χ3n) is 16.2. The lowest BCUT2D eigenvalue weighted by Gasteiger charge is -2.43. The predicted molar refractivity (Wildman–Crippen MR) is 298 cm³/mol. The molecule has 6 heterocycles. The number of carbonyl (C=O) groups excluding carboxylic acids is 3. The van der Waals surface area contributed by atoms with Crippen LogP contribution in [0.25, 0.3) is 0 Å². The number of aliphatic imine (C=N–C) groups is 1. The maximum absolute atomic E-state index is 16.7. The Balaban J connectivity index is 0.747. The number of methoxy groups -OCH3 is 1. The molecule has 4 amide bonds. The van der Waals surface area contributed by atoms with Crippen molar-refractivity contribution in [3.8, 4) is 11.6 Å². The molecule has 0 radical (unpaired) electrons. The van der Waals surface area contributed by atoms with Crippen molar-refractivity contribution in [2.45, 2.75) is 141 Å². The minimum absolute atomic E-state index is 0.156. The Labute approximate surface area is 452 Å². The number of carbonyl (C=O) groups is 3. The summed E-state index contributed by atoms with van der Waals surface area (Å²) in [5.41, 5.74) is 9.46. The summed E-state index contributed by atoms with van der Waals surface area (Å²) in [6.07, 6.45) is 12.7. The molecular weight excluding hydrogens is 979 g/mol. The van der Waals surface area contributed by atoms with Gasteiger partial charge in [0.15, 0.2) is 0 Å². The number of rotatable bonds is 9. The van der Waals surface area contributed by atoms with Crippen molar-refractivity contribution < 1.29 is 37.4 Å². The zero-order valence-corrected chi connectivity index (χ0v) is 45.6. The predicted octanol–water partition coefficient (Wildman–Crippen LogP) is 12.5. The normalized spacial score (nSPS) is 22.2. The van der Waals surface area contributed by atoms with Crippen molar-refractivity contribution in [3.05, 3.63) is 124 Å². The van der Waals surface area contributed by atoms with Gasteiger partial charge in [0, 0.05) is 49.3 Å². The fraction of sp³-hybridized carbons (Fsp3) is 0.492. The molecule has 77 heavy (non-hydrogen) atoms. The summed E-state index contributed by atoms with van der Waals surface area (Å²) < 4.78 is 50.4. The number of benzene rings is 3. The summed E-state index contributed by atoms with van der Waals surface area (Å²) in [6, 6.07) is 20.5. The lowest BCUT2D eigenvalue weighted by molar-refractivity contribution is -0.129. The van der Waals surface area contributed by atoms with Crippen LogP contribution in [0, 0.1) is 13.8 Å². The number of ether oxygens (including phenoxy) is 3. The first-order chi connectivity index (χ1) is 37.0. The van der Waals surface area contributed by atoms with E-state index in [0.717, 1.165) is 96.7 Å². The number of fused-ring (bicyclic) bond motifs is 1. The second-order valence-corrected chi connectivity index (χ2v) is 22.6. The van der Waals surface area contributed by atoms with Crippen LogP contribution in [-0.2, 0) is 16.1 Å². The number of hydrogen-bond donors (Lipinski definition) is 1. The van der Waals surface area contributed by atoms with Gasteiger partial charge in [-0.25, -0.2) is 28.3 Å². The number of amides is 4. The molecule has 0 bridgehead atoms. The summed E-state index contributed by atoms with van der Waals surface area (Å²) in [6.45, 7) is 13.3. The van der Waals surface area contributed by atoms with Crippen molar-refractivity contribution in [1.29, 1.82) is 0 Å². The summed E-state index contributed by atoms with van der Waals surface area (Å²) in [4.78, 5) is 58.9. The van der Waals surface area contributed by atoms with E-state index in [1.54, 1.807) is 16.9 Å². The minimum Gasteiger partial charge on any atom is -0.497 e. The van der Waals surface area contributed by atoms with E-state index in [9.17, 15) is 14.4 Å². The minimum atomic E-state index is -2.87. The third-order valence-corrected chi connectivity index (χ3v) is 16.2. The summed E-state index contributed by atoms with van der Waals surface area (Å²) >= 11 is 0. The van der Waals surface area contributed by atoms with E-state index in [1.807, 2.05) is 83.3 Å². The number of halogens is 2. The highest BCUT2D eigenvalue weighted by atomic mass is 19.3. The number of amidine groups is 1. The highest BCUT2D eigenvalue weighted by molar-refractivity contribution is 6.06. The lowest BCUT2D eigenvalue weighted by Crippen LogP contribution is -2.52. The molecule has 2 unspecified atom stereocenters. The van der Waals surface area contributed by atoms with Crippen LogP contribution in [0.3, 0.4) is 0 Å². The van der Waals surface area contributed by atoms with E-state index in [2.05, 4.69) is 56.5 Å². The van der Waals surface area contributed by atoms with E-state index in [-0.39, 0.29) is 49.7 Å². The number of aromatic nitrogens is 1. The van der Waals surface area contributed by atoms with Gasteiger partial charge >= 0.3 is 12.1 Å². The topological polar surface area (TPSA) is 132 Å².